The Hall–Kier alpha value is -0.200. The van der Waals surface area contributed by atoms with Gasteiger partial charge in [0.05, 0.1) is 13.2 Å². The van der Waals surface area contributed by atoms with Crippen LogP contribution in [0.2, 0.25) is 0 Å². The number of hydrogen-bond donors (Lipinski definition) is 4. The SMILES string of the molecule is CC1(CO)OCC(O)C(O)[C@H]1O. The van der Waals surface area contributed by atoms with E-state index in [4.69, 9.17) is 14.9 Å². The van der Waals surface area contributed by atoms with Gasteiger partial charge in [-0.05, 0) is 6.92 Å². The van der Waals surface area contributed by atoms with E-state index in [9.17, 15) is 10.2 Å². The molecule has 1 saturated heterocycles. The fourth-order valence-electron chi connectivity index (χ4n) is 1.17. The Morgan fingerprint density at radius 3 is 2.50 bits per heavy atom. The van der Waals surface area contributed by atoms with Crippen LogP contribution in [0, 0.1) is 0 Å². The Labute approximate surface area is 70.2 Å². The van der Waals surface area contributed by atoms with E-state index in [-0.39, 0.29) is 6.61 Å². The molecule has 0 aromatic heterocycles. The minimum absolute atomic E-state index is 0.0741. The molecule has 12 heavy (non-hydrogen) atoms. The third-order valence-corrected chi connectivity index (χ3v) is 2.24. The van der Waals surface area contributed by atoms with Gasteiger partial charge in [0.15, 0.2) is 0 Å². The first-order valence-corrected chi connectivity index (χ1v) is 3.80. The van der Waals surface area contributed by atoms with E-state index >= 15 is 0 Å². The van der Waals surface area contributed by atoms with E-state index in [1.54, 1.807) is 0 Å². The Morgan fingerprint density at radius 2 is 2.00 bits per heavy atom. The third kappa shape index (κ3) is 1.46. The summed E-state index contributed by atoms with van der Waals surface area (Å²) in [4.78, 5) is 0. The summed E-state index contributed by atoms with van der Waals surface area (Å²) in [7, 11) is 0. The summed E-state index contributed by atoms with van der Waals surface area (Å²) in [5.41, 5.74) is -1.17. The monoisotopic (exact) mass is 178 g/mol. The molecule has 1 rings (SSSR count). The van der Waals surface area contributed by atoms with Gasteiger partial charge in [-0.1, -0.05) is 0 Å². The van der Waals surface area contributed by atoms with Crippen molar-refractivity contribution in [2.45, 2.75) is 30.8 Å². The molecule has 0 aromatic rings. The molecule has 0 aromatic carbocycles. The first-order chi connectivity index (χ1) is 5.51. The van der Waals surface area contributed by atoms with Crippen LogP contribution in [0.4, 0.5) is 0 Å². The van der Waals surface area contributed by atoms with Crippen LogP contribution >= 0.6 is 0 Å². The third-order valence-electron chi connectivity index (χ3n) is 2.24. The molecule has 0 bridgehead atoms. The fourth-order valence-corrected chi connectivity index (χ4v) is 1.17. The first-order valence-electron chi connectivity index (χ1n) is 3.80. The lowest BCUT2D eigenvalue weighted by Gasteiger charge is -2.41. The van der Waals surface area contributed by atoms with E-state index in [0.29, 0.717) is 0 Å². The van der Waals surface area contributed by atoms with E-state index in [1.807, 2.05) is 0 Å². The molecule has 1 heterocycles. The van der Waals surface area contributed by atoms with Gasteiger partial charge in [-0.3, -0.25) is 0 Å². The molecule has 3 unspecified atom stereocenters. The number of aliphatic hydroxyl groups is 4. The van der Waals surface area contributed by atoms with Gasteiger partial charge in [0.1, 0.15) is 23.9 Å². The summed E-state index contributed by atoms with van der Waals surface area (Å²) in [6.07, 6.45) is -3.60. The summed E-state index contributed by atoms with van der Waals surface area (Å²) in [6, 6.07) is 0. The lowest BCUT2D eigenvalue weighted by molar-refractivity contribution is -0.239. The highest BCUT2D eigenvalue weighted by molar-refractivity contribution is 4.95. The highest BCUT2D eigenvalue weighted by atomic mass is 16.5. The molecule has 1 aliphatic rings. The molecule has 72 valence electrons. The Kier molecular flexibility index (Phi) is 2.70. The number of aliphatic hydroxyl groups excluding tert-OH is 4. The van der Waals surface area contributed by atoms with Gasteiger partial charge in [0, 0.05) is 0 Å². The topological polar surface area (TPSA) is 90.2 Å². The molecule has 4 atom stereocenters. The van der Waals surface area contributed by atoms with Crippen LogP contribution in [-0.2, 0) is 4.74 Å². The number of hydrogen-bond acceptors (Lipinski definition) is 5. The van der Waals surface area contributed by atoms with Gasteiger partial charge in [0.25, 0.3) is 0 Å². The van der Waals surface area contributed by atoms with Crippen molar-refractivity contribution in [2.75, 3.05) is 13.2 Å². The zero-order valence-corrected chi connectivity index (χ0v) is 6.84. The average Bonchev–Trinajstić information content (AvgIpc) is 2.09. The maximum Gasteiger partial charge on any atom is 0.117 e. The van der Waals surface area contributed by atoms with Crippen molar-refractivity contribution in [3.8, 4) is 0 Å². The normalized spacial score (nSPS) is 49.2. The summed E-state index contributed by atoms with van der Waals surface area (Å²) < 4.78 is 5.00. The zero-order chi connectivity index (χ0) is 9.35. The second-order valence-electron chi connectivity index (χ2n) is 3.28. The van der Waals surface area contributed by atoms with Gasteiger partial charge in [-0.15, -0.1) is 0 Å². The quantitative estimate of drug-likeness (QED) is 0.367. The maximum atomic E-state index is 9.37. The minimum atomic E-state index is -1.26. The summed E-state index contributed by atoms with van der Waals surface area (Å²) >= 11 is 0. The van der Waals surface area contributed by atoms with Crippen molar-refractivity contribution >= 4 is 0 Å². The summed E-state index contributed by atoms with van der Waals surface area (Å²) in [6.45, 7) is 1.01. The molecule has 5 heteroatoms. The van der Waals surface area contributed by atoms with E-state index in [2.05, 4.69) is 0 Å². The number of ether oxygens (including phenoxy) is 1. The molecule has 0 spiro atoms. The maximum absolute atomic E-state index is 9.37. The van der Waals surface area contributed by atoms with Gasteiger partial charge in [-0.25, -0.2) is 0 Å². The predicted molar refractivity (Wildman–Crippen MR) is 39.5 cm³/mol. The van der Waals surface area contributed by atoms with Crippen molar-refractivity contribution in [3.63, 3.8) is 0 Å². The second-order valence-corrected chi connectivity index (χ2v) is 3.28. The van der Waals surface area contributed by atoms with E-state index < -0.39 is 30.5 Å². The zero-order valence-electron chi connectivity index (χ0n) is 6.84. The molecule has 1 aliphatic heterocycles. The second kappa shape index (κ2) is 3.27. The van der Waals surface area contributed by atoms with Crippen molar-refractivity contribution in [1.29, 1.82) is 0 Å². The van der Waals surface area contributed by atoms with Crippen molar-refractivity contribution in [3.05, 3.63) is 0 Å². The predicted octanol–water partition coefficient (Wildman–Crippen LogP) is -2.15. The van der Waals surface area contributed by atoms with E-state index in [1.165, 1.54) is 6.92 Å². The van der Waals surface area contributed by atoms with Crippen LogP contribution in [0.1, 0.15) is 6.92 Å². The van der Waals surface area contributed by atoms with Crippen LogP contribution in [0.15, 0.2) is 0 Å². The molecule has 0 saturated carbocycles. The van der Waals surface area contributed by atoms with E-state index in [0.717, 1.165) is 0 Å². The average molecular weight is 178 g/mol. The Morgan fingerprint density at radius 1 is 1.42 bits per heavy atom. The van der Waals surface area contributed by atoms with Crippen molar-refractivity contribution in [1.82, 2.24) is 0 Å². The molecule has 0 radical (unpaired) electrons. The smallest absolute Gasteiger partial charge is 0.117 e. The van der Waals surface area contributed by atoms with Crippen LogP contribution in [-0.4, -0.2) is 57.6 Å². The molecule has 5 nitrogen and oxygen atoms in total. The van der Waals surface area contributed by atoms with Crippen molar-refractivity contribution in [2.24, 2.45) is 0 Å². The lowest BCUT2D eigenvalue weighted by atomic mass is 9.90. The van der Waals surface area contributed by atoms with Crippen LogP contribution in [0.3, 0.4) is 0 Å². The standard InChI is InChI=1S/C7H14O5/c1-7(3-8)6(11)5(10)4(9)2-12-7/h4-6,8-11H,2-3H2,1H3/t4?,5?,6-,7?/m1/s1. The van der Waals surface area contributed by atoms with Crippen LogP contribution in [0.25, 0.3) is 0 Å². The first kappa shape index (κ1) is 9.88. The Balaban J connectivity index is 2.71. The highest BCUT2D eigenvalue weighted by Gasteiger charge is 2.45. The Bertz CT molecular complexity index is 162. The molecule has 0 amide bonds. The summed E-state index contributed by atoms with van der Waals surface area (Å²) in [5.74, 6) is 0. The van der Waals surface area contributed by atoms with Gasteiger partial charge >= 0.3 is 0 Å². The molecule has 1 fully saturated rings. The van der Waals surface area contributed by atoms with Gasteiger partial charge < -0.3 is 25.2 Å². The van der Waals surface area contributed by atoms with Gasteiger partial charge in [0.2, 0.25) is 0 Å². The van der Waals surface area contributed by atoms with Crippen molar-refractivity contribution < 1.29 is 25.2 Å². The highest BCUT2D eigenvalue weighted by Crippen LogP contribution is 2.24. The van der Waals surface area contributed by atoms with Crippen LogP contribution < -0.4 is 0 Å². The number of rotatable bonds is 1. The summed E-state index contributed by atoms with van der Waals surface area (Å²) in [5, 5.41) is 36.5. The minimum Gasteiger partial charge on any atom is -0.393 e. The van der Waals surface area contributed by atoms with Gasteiger partial charge in [-0.2, -0.15) is 0 Å². The molecule has 0 aliphatic carbocycles. The largest absolute Gasteiger partial charge is 0.393 e. The fraction of sp³-hybridized carbons (Fsp3) is 1.00. The molecular formula is C7H14O5. The lowest BCUT2D eigenvalue weighted by Crippen LogP contribution is -2.60. The molecule has 4 N–H and O–H groups in total. The molecular weight excluding hydrogens is 164 g/mol. The van der Waals surface area contributed by atoms with Crippen LogP contribution in [0.5, 0.6) is 0 Å².